The SMILES string of the molecule is C=CCN(CC1N=CC(C)C(OC)=C1C)c1cc(Cl)nc(N)n1. The Bertz CT molecular complexity index is 623. The zero-order valence-corrected chi connectivity index (χ0v) is 14.4. The standard InChI is InChI=1S/C16H22ClN5O/c1-5-6-22(14-7-13(17)20-16(18)21-14)9-12-11(3)15(23-4)10(2)8-19-12/h5,7-8,10,12H,1,6,9H2,2-4H3,(H2,18,20,21). The van der Waals surface area contributed by atoms with E-state index in [1.54, 1.807) is 19.3 Å². The summed E-state index contributed by atoms with van der Waals surface area (Å²) < 4.78 is 5.51. The number of rotatable bonds is 6. The molecule has 0 saturated carbocycles. The van der Waals surface area contributed by atoms with E-state index < -0.39 is 0 Å². The van der Waals surface area contributed by atoms with Crippen LogP contribution in [0.3, 0.4) is 0 Å². The normalized spacial score (nSPS) is 20.5. The summed E-state index contributed by atoms with van der Waals surface area (Å²) in [6.07, 6.45) is 3.72. The van der Waals surface area contributed by atoms with E-state index in [4.69, 9.17) is 22.1 Å². The second-order valence-electron chi connectivity index (χ2n) is 5.45. The largest absolute Gasteiger partial charge is 0.500 e. The van der Waals surface area contributed by atoms with Crippen molar-refractivity contribution in [2.24, 2.45) is 10.9 Å². The number of methoxy groups -OCH3 is 1. The zero-order valence-electron chi connectivity index (χ0n) is 13.7. The van der Waals surface area contributed by atoms with Gasteiger partial charge in [0.15, 0.2) is 0 Å². The van der Waals surface area contributed by atoms with E-state index in [1.807, 2.05) is 18.0 Å². The van der Waals surface area contributed by atoms with Crippen LogP contribution < -0.4 is 10.6 Å². The molecule has 0 radical (unpaired) electrons. The van der Waals surface area contributed by atoms with Gasteiger partial charge in [-0.3, -0.25) is 4.99 Å². The third-order valence-corrected chi connectivity index (χ3v) is 3.97. The van der Waals surface area contributed by atoms with Crippen molar-refractivity contribution in [3.63, 3.8) is 0 Å². The van der Waals surface area contributed by atoms with E-state index in [0.717, 1.165) is 11.3 Å². The number of aromatic nitrogens is 2. The van der Waals surface area contributed by atoms with Gasteiger partial charge in [-0.1, -0.05) is 24.6 Å². The molecular formula is C16H22ClN5O. The Labute approximate surface area is 141 Å². The highest BCUT2D eigenvalue weighted by Gasteiger charge is 2.25. The maximum atomic E-state index is 5.99. The minimum absolute atomic E-state index is 0.0175. The van der Waals surface area contributed by atoms with E-state index in [1.165, 1.54) is 0 Å². The first-order valence-electron chi connectivity index (χ1n) is 7.40. The molecule has 0 aliphatic carbocycles. The lowest BCUT2D eigenvalue weighted by Gasteiger charge is -2.30. The number of nitrogen functional groups attached to an aromatic ring is 1. The molecule has 124 valence electrons. The van der Waals surface area contributed by atoms with Gasteiger partial charge in [-0.05, 0) is 12.5 Å². The molecule has 2 atom stereocenters. The molecule has 23 heavy (non-hydrogen) atoms. The number of halogens is 1. The number of dihydropyridines is 1. The van der Waals surface area contributed by atoms with Crippen LogP contribution in [0.25, 0.3) is 0 Å². The van der Waals surface area contributed by atoms with Crippen LogP contribution in [0, 0.1) is 5.92 Å². The van der Waals surface area contributed by atoms with Crippen LogP contribution in [0.1, 0.15) is 13.8 Å². The van der Waals surface area contributed by atoms with Crippen molar-refractivity contribution < 1.29 is 4.74 Å². The van der Waals surface area contributed by atoms with Gasteiger partial charge in [0.2, 0.25) is 5.95 Å². The molecule has 0 bridgehead atoms. The van der Waals surface area contributed by atoms with Crippen molar-refractivity contribution in [1.82, 2.24) is 9.97 Å². The lowest BCUT2D eigenvalue weighted by molar-refractivity contribution is 0.257. The monoisotopic (exact) mass is 335 g/mol. The first kappa shape index (κ1) is 17.3. The Morgan fingerprint density at radius 1 is 1.48 bits per heavy atom. The van der Waals surface area contributed by atoms with Crippen molar-refractivity contribution in [3.8, 4) is 0 Å². The summed E-state index contributed by atoms with van der Waals surface area (Å²) >= 11 is 5.99. The summed E-state index contributed by atoms with van der Waals surface area (Å²) in [6.45, 7) is 9.14. The van der Waals surface area contributed by atoms with Gasteiger partial charge in [-0.25, -0.2) is 4.98 Å². The minimum atomic E-state index is -0.0175. The summed E-state index contributed by atoms with van der Waals surface area (Å²) in [5.74, 6) is 1.95. The zero-order chi connectivity index (χ0) is 17.0. The van der Waals surface area contributed by atoms with E-state index >= 15 is 0 Å². The number of hydrogen-bond donors (Lipinski definition) is 1. The molecule has 2 N–H and O–H groups in total. The van der Waals surface area contributed by atoms with Gasteiger partial charge in [0.1, 0.15) is 16.7 Å². The summed E-state index contributed by atoms with van der Waals surface area (Å²) in [6, 6.07) is 1.67. The van der Waals surface area contributed by atoms with Crippen LogP contribution in [-0.4, -0.2) is 42.4 Å². The van der Waals surface area contributed by atoms with Crippen LogP contribution >= 0.6 is 11.6 Å². The molecule has 2 heterocycles. The van der Waals surface area contributed by atoms with Crippen LogP contribution in [0.5, 0.6) is 0 Å². The van der Waals surface area contributed by atoms with Crippen molar-refractivity contribution in [2.45, 2.75) is 19.9 Å². The summed E-state index contributed by atoms with van der Waals surface area (Å²) in [5, 5.41) is 0.312. The van der Waals surface area contributed by atoms with Crippen molar-refractivity contribution in [3.05, 3.63) is 35.2 Å². The quantitative estimate of drug-likeness (QED) is 0.639. The van der Waals surface area contributed by atoms with Gasteiger partial charge in [0.25, 0.3) is 0 Å². The molecule has 2 unspecified atom stereocenters. The van der Waals surface area contributed by atoms with Crippen LogP contribution in [0.2, 0.25) is 5.15 Å². The molecule has 7 heteroatoms. The Morgan fingerprint density at radius 2 is 2.22 bits per heavy atom. The number of allylic oxidation sites excluding steroid dienone is 1. The number of anilines is 2. The van der Waals surface area contributed by atoms with Gasteiger partial charge in [-0.2, -0.15) is 4.98 Å². The van der Waals surface area contributed by atoms with E-state index in [-0.39, 0.29) is 17.9 Å². The number of ether oxygens (including phenoxy) is 1. The average molecular weight is 336 g/mol. The first-order chi connectivity index (χ1) is 11.0. The van der Waals surface area contributed by atoms with Gasteiger partial charge in [0, 0.05) is 31.3 Å². The average Bonchev–Trinajstić information content (AvgIpc) is 2.49. The maximum absolute atomic E-state index is 5.99. The molecular weight excluding hydrogens is 314 g/mol. The molecule has 0 aromatic carbocycles. The smallest absolute Gasteiger partial charge is 0.223 e. The summed E-state index contributed by atoms with van der Waals surface area (Å²) in [7, 11) is 1.69. The number of nitrogens with two attached hydrogens (primary N) is 1. The number of hydrogen-bond acceptors (Lipinski definition) is 6. The molecule has 1 aromatic rings. The molecule has 1 aliphatic heterocycles. The lowest BCUT2D eigenvalue weighted by Crippen LogP contribution is -2.35. The summed E-state index contributed by atoms with van der Waals surface area (Å²) in [5.41, 5.74) is 6.81. The number of aliphatic imine (C=N–C) groups is 1. The fourth-order valence-corrected chi connectivity index (χ4v) is 2.86. The fraction of sp³-hybridized carbons (Fsp3) is 0.438. The topological polar surface area (TPSA) is 76.6 Å². The number of nitrogens with zero attached hydrogens (tertiary/aromatic N) is 4. The Balaban J connectivity index is 2.27. The van der Waals surface area contributed by atoms with E-state index in [2.05, 4.69) is 28.5 Å². The Morgan fingerprint density at radius 3 is 2.83 bits per heavy atom. The Hall–Kier alpha value is -2.08. The molecule has 0 spiro atoms. The highest BCUT2D eigenvalue weighted by atomic mass is 35.5. The highest BCUT2D eigenvalue weighted by molar-refractivity contribution is 6.29. The van der Waals surface area contributed by atoms with Crippen LogP contribution in [-0.2, 0) is 4.74 Å². The third-order valence-electron chi connectivity index (χ3n) is 3.78. The molecule has 0 fully saturated rings. The molecule has 0 saturated heterocycles. The highest BCUT2D eigenvalue weighted by Crippen LogP contribution is 2.26. The van der Waals surface area contributed by atoms with Crippen molar-refractivity contribution in [2.75, 3.05) is 30.8 Å². The van der Waals surface area contributed by atoms with Gasteiger partial charge in [-0.15, -0.1) is 6.58 Å². The molecule has 6 nitrogen and oxygen atoms in total. The van der Waals surface area contributed by atoms with Crippen LogP contribution in [0.15, 0.2) is 35.0 Å². The molecule has 1 aliphatic rings. The minimum Gasteiger partial charge on any atom is -0.500 e. The van der Waals surface area contributed by atoms with E-state index in [0.29, 0.717) is 24.1 Å². The molecule has 2 rings (SSSR count). The summed E-state index contributed by atoms with van der Waals surface area (Å²) in [4.78, 5) is 14.8. The molecule has 0 amide bonds. The predicted octanol–water partition coefficient (Wildman–Crippen LogP) is 2.71. The lowest BCUT2D eigenvalue weighted by atomic mass is 9.97. The van der Waals surface area contributed by atoms with Crippen LogP contribution in [0.4, 0.5) is 11.8 Å². The third kappa shape index (κ3) is 4.01. The van der Waals surface area contributed by atoms with Crippen molar-refractivity contribution >= 4 is 29.6 Å². The first-order valence-corrected chi connectivity index (χ1v) is 7.78. The predicted molar refractivity (Wildman–Crippen MR) is 95.0 cm³/mol. The second kappa shape index (κ2) is 7.46. The van der Waals surface area contributed by atoms with Gasteiger partial charge < -0.3 is 15.4 Å². The van der Waals surface area contributed by atoms with Crippen molar-refractivity contribution in [1.29, 1.82) is 0 Å². The van der Waals surface area contributed by atoms with E-state index in [9.17, 15) is 0 Å². The Kier molecular flexibility index (Phi) is 5.60. The second-order valence-corrected chi connectivity index (χ2v) is 5.84. The fourth-order valence-electron chi connectivity index (χ4n) is 2.68. The van der Waals surface area contributed by atoms with Gasteiger partial charge >= 0.3 is 0 Å². The van der Waals surface area contributed by atoms with Gasteiger partial charge in [0.05, 0.1) is 13.2 Å². The molecule has 1 aromatic heterocycles. The maximum Gasteiger partial charge on any atom is 0.223 e.